The van der Waals surface area contributed by atoms with Gasteiger partial charge in [0.15, 0.2) is 0 Å². The van der Waals surface area contributed by atoms with Crippen LogP contribution in [0.2, 0.25) is 0 Å². The van der Waals surface area contributed by atoms with E-state index in [1.54, 1.807) is 0 Å². The zero-order valence-corrected chi connectivity index (χ0v) is 23.8. The third kappa shape index (κ3) is 4.86. The third-order valence-electron chi connectivity index (χ3n) is 8.53. The van der Waals surface area contributed by atoms with Crippen LogP contribution in [0.3, 0.4) is 0 Å². The molecule has 4 rings (SSSR count). The number of nitrogens with two attached hydrogens (primary N) is 1. The second kappa shape index (κ2) is 10.4. The van der Waals surface area contributed by atoms with Crippen LogP contribution in [0.25, 0.3) is 0 Å². The molecular formula is C33H42ClN2+. The predicted molar refractivity (Wildman–Crippen MR) is 156 cm³/mol. The van der Waals surface area contributed by atoms with Crippen molar-refractivity contribution in [3.05, 3.63) is 106 Å². The maximum Gasteiger partial charge on any atom is 0.133 e. The van der Waals surface area contributed by atoms with Gasteiger partial charge in [-0.25, -0.2) is 0 Å². The van der Waals surface area contributed by atoms with E-state index in [0.717, 1.165) is 24.3 Å². The highest BCUT2D eigenvalue weighted by Crippen LogP contribution is 2.47. The van der Waals surface area contributed by atoms with Crippen molar-refractivity contribution in [2.45, 2.75) is 64.7 Å². The first-order valence-corrected chi connectivity index (χ1v) is 13.7. The zero-order chi connectivity index (χ0) is 26.1. The number of benzene rings is 2. The molecule has 1 atom stereocenters. The Morgan fingerprint density at radius 1 is 1.03 bits per heavy atom. The van der Waals surface area contributed by atoms with Gasteiger partial charge in [-0.05, 0) is 60.1 Å². The van der Waals surface area contributed by atoms with Crippen molar-refractivity contribution in [2.24, 2.45) is 5.92 Å². The number of allylic oxidation sites excluding steroid dienone is 8. The molecule has 0 bridgehead atoms. The van der Waals surface area contributed by atoms with E-state index < -0.39 is 0 Å². The number of anilines is 1. The number of halogens is 1. The molecule has 0 aromatic heterocycles. The van der Waals surface area contributed by atoms with Gasteiger partial charge in [-0.3, -0.25) is 0 Å². The second-order valence-corrected chi connectivity index (χ2v) is 11.8. The summed E-state index contributed by atoms with van der Waals surface area (Å²) in [4.78, 5) is 2.32. The summed E-state index contributed by atoms with van der Waals surface area (Å²) in [6.07, 6.45) is 12.4. The Morgan fingerprint density at radius 2 is 1.72 bits per heavy atom. The molecule has 2 aromatic rings. The summed E-state index contributed by atoms with van der Waals surface area (Å²) in [5.74, 6) is 0.374. The summed E-state index contributed by atoms with van der Waals surface area (Å²) >= 11 is 7.01. The van der Waals surface area contributed by atoms with E-state index in [4.69, 9.17) is 11.6 Å². The van der Waals surface area contributed by atoms with Gasteiger partial charge < -0.3 is 10.2 Å². The minimum Gasteiger partial charge on any atom is -0.347 e. The SMILES string of the molecule is C[NH2+]c1ccccc1C(C)(C)C(C)/C=C/C1=C(Cl)C(=C/C=C2/N(C)c3ccccc3C2(C)C)/CCC1. The smallest absolute Gasteiger partial charge is 0.133 e. The molecule has 1 unspecified atom stereocenters. The zero-order valence-electron chi connectivity index (χ0n) is 23.0. The van der Waals surface area contributed by atoms with Gasteiger partial charge in [0.05, 0.1) is 7.05 Å². The van der Waals surface area contributed by atoms with Crippen molar-refractivity contribution in [1.82, 2.24) is 0 Å². The lowest BCUT2D eigenvalue weighted by atomic mass is 9.73. The van der Waals surface area contributed by atoms with E-state index in [1.807, 2.05) is 0 Å². The van der Waals surface area contributed by atoms with Crippen molar-refractivity contribution in [3.8, 4) is 0 Å². The number of hydrogen-bond donors (Lipinski definition) is 1. The lowest BCUT2D eigenvalue weighted by Gasteiger charge is -2.31. The first-order chi connectivity index (χ1) is 17.1. The van der Waals surface area contributed by atoms with Crippen molar-refractivity contribution in [3.63, 3.8) is 0 Å². The number of fused-ring (bicyclic) bond motifs is 1. The first-order valence-electron chi connectivity index (χ1n) is 13.3. The molecule has 0 amide bonds. The third-order valence-corrected chi connectivity index (χ3v) is 9.01. The van der Waals surface area contributed by atoms with E-state index in [-0.39, 0.29) is 10.8 Å². The average Bonchev–Trinajstić information content (AvgIpc) is 3.07. The number of nitrogens with zero attached hydrogens (tertiary/aromatic N) is 1. The second-order valence-electron chi connectivity index (χ2n) is 11.4. The summed E-state index contributed by atoms with van der Waals surface area (Å²) in [6.45, 7) is 11.6. The molecular weight excluding hydrogens is 460 g/mol. The minimum atomic E-state index is -0.0246. The number of para-hydroxylation sites is 2. The fourth-order valence-electron chi connectivity index (χ4n) is 5.77. The number of likely N-dealkylation sites (N-methyl/N-ethyl adjacent to an activating group) is 1. The highest BCUT2D eigenvalue weighted by molar-refractivity contribution is 6.32. The summed E-state index contributed by atoms with van der Waals surface area (Å²) in [7, 11) is 4.29. The Hall–Kier alpha value is -2.55. The Balaban J connectivity index is 1.59. The quantitative estimate of drug-likeness (QED) is 0.399. The monoisotopic (exact) mass is 501 g/mol. The van der Waals surface area contributed by atoms with Gasteiger partial charge in [0.1, 0.15) is 5.69 Å². The molecule has 2 aliphatic rings. The van der Waals surface area contributed by atoms with Crippen LogP contribution in [0.4, 0.5) is 11.4 Å². The molecule has 0 radical (unpaired) electrons. The molecule has 0 spiro atoms. The molecule has 1 aliphatic heterocycles. The first kappa shape index (κ1) is 26.5. The standard InChI is InChI=1S/C33H41ClN2/c1-23(32(2,3)26-15-8-10-17-28(26)35-6)19-20-24-13-12-14-25(31(24)34)21-22-30-33(4,5)27-16-9-11-18-29(27)36(30)7/h8-11,15-23,35H,12-14H2,1-7H3/p+1/b20-19+,25-21+,30-22+. The van der Waals surface area contributed by atoms with Gasteiger partial charge in [0, 0.05) is 39.9 Å². The summed E-state index contributed by atoms with van der Waals surface area (Å²) < 4.78 is 0. The van der Waals surface area contributed by atoms with Crippen molar-refractivity contribution in [1.29, 1.82) is 0 Å². The normalized spacial score (nSPS) is 21.1. The van der Waals surface area contributed by atoms with E-state index in [0.29, 0.717) is 5.92 Å². The fourth-order valence-corrected chi connectivity index (χ4v) is 6.09. The van der Waals surface area contributed by atoms with E-state index in [9.17, 15) is 0 Å². The molecule has 1 heterocycles. The summed E-state index contributed by atoms with van der Waals surface area (Å²) in [6, 6.07) is 17.4. The van der Waals surface area contributed by atoms with Gasteiger partial charge in [0.25, 0.3) is 0 Å². The lowest BCUT2D eigenvalue weighted by molar-refractivity contribution is -0.540. The largest absolute Gasteiger partial charge is 0.347 e. The van der Waals surface area contributed by atoms with E-state index >= 15 is 0 Å². The van der Waals surface area contributed by atoms with Crippen molar-refractivity contribution >= 4 is 23.0 Å². The van der Waals surface area contributed by atoms with E-state index in [2.05, 4.69) is 132 Å². The highest BCUT2D eigenvalue weighted by Gasteiger charge is 2.37. The lowest BCUT2D eigenvalue weighted by Crippen LogP contribution is -2.73. The van der Waals surface area contributed by atoms with Crippen molar-refractivity contribution < 1.29 is 5.32 Å². The van der Waals surface area contributed by atoms with E-state index in [1.165, 1.54) is 39.3 Å². The predicted octanol–water partition coefficient (Wildman–Crippen LogP) is 7.90. The maximum atomic E-state index is 7.01. The van der Waals surface area contributed by atoms with Gasteiger partial charge in [0.2, 0.25) is 0 Å². The molecule has 190 valence electrons. The van der Waals surface area contributed by atoms with Crippen LogP contribution in [-0.2, 0) is 10.8 Å². The molecule has 2 aromatic carbocycles. The summed E-state index contributed by atoms with van der Waals surface area (Å²) in [5, 5.41) is 3.14. The fraction of sp³-hybridized carbons (Fsp3) is 0.394. The molecule has 2 nitrogen and oxygen atoms in total. The Morgan fingerprint density at radius 3 is 2.44 bits per heavy atom. The van der Waals surface area contributed by atoms with Gasteiger partial charge >= 0.3 is 0 Å². The molecule has 0 saturated carbocycles. The Kier molecular flexibility index (Phi) is 7.69. The van der Waals surface area contributed by atoms with Gasteiger partial charge in [-0.1, -0.05) is 101 Å². The van der Waals surface area contributed by atoms with Crippen LogP contribution in [0, 0.1) is 5.92 Å². The van der Waals surface area contributed by atoms with Crippen molar-refractivity contribution in [2.75, 3.05) is 19.0 Å². The maximum absolute atomic E-state index is 7.01. The van der Waals surface area contributed by atoms with Crippen LogP contribution in [0.1, 0.15) is 65.0 Å². The highest BCUT2D eigenvalue weighted by atomic mass is 35.5. The molecule has 0 saturated heterocycles. The average molecular weight is 502 g/mol. The number of quaternary nitrogens is 1. The molecule has 1 aliphatic carbocycles. The summed E-state index contributed by atoms with van der Waals surface area (Å²) in [5.41, 5.74) is 9.19. The topological polar surface area (TPSA) is 19.9 Å². The van der Waals surface area contributed by atoms with Crippen LogP contribution >= 0.6 is 11.6 Å². The molecule has 3 heteroatoms. The van der Waals surface area contributed by atoms with Crippen LogP contribution in [-0.4, -0.2) is 14.1 Å². The molecule has 0 fully saturated rings. The van der Waals surface area contributed by atoms with Gasteiger partial charge in [-0.15, -0.1) is 0 Å². The molecule has 36 heavy (non-hydrogen) atoms. The molecule has 2 N–H and O–H groups in total. The Labute approximate surface area is 223 Å². The van der Waals surface area contributed by atoms with Crippen LogP contribution < -0.4 is 10.2 Å². The number of rotatable bonds is 6. The van der Waals surface area contributed by atoms with Crippen LogP contribution in [0.5, 0.6) is 0 Å². The Bertz CT molecular complexity index is 1240. The number of hydrogen-bond acceptors (Lipinski definition) is 1. The van der Waals surface area contributed by atoms with Crippen LogP contribution in [0.15, 0.2) is 94.7 Å². The van der Waals surface area contributed by atoms with Gasteiger partial charge in [-0.2, -0.15) is 0 Å². The minimum absolute atomic E-state index is 0.0246.